The molecule has 9 heteroatoms. The molecule has 2 aromatic carbocycles. The zero-order valence-electron chi connectivity index (χ0n) is 16.1. The highest BCUT2D eigenvalue weighted by Crippen LogP contribution is 2.42. The van der Waals surface area contributed by atoms with E-state index in [4.69, 9.17) is 37.4 Å². The molecule has 0 aromatic heterocycles. The summed E-state index contributed by atoms with van der Waals surface area (Å²) < 4.78 is 16.0. The van der Waals surface area contributed by atoms with Crippen LogP contribution < -0.4 is 24.4 Å². The van der Waals surface area contributed by atoms with Crippen molar-refractivity contribution in [1.82, 2.24) is 0 Å². The topological polar surface area (TPSA) is 77.1 Å². The van der Waals surface area contributed by atoms with Gasteiger partial charge in [-0.05, 0) is 12.1 Å². The molecule has 1 fully saturated rings. The summed E-state index contributed by atoms with van der Waals surface area (Å²) in [5.74, 6) is 0.238. The summed E-state index contributed by atoms with van der Waals surface area (Å²) in [5, 5.41) is 3.34. The molecule has 1 atom stereocenters. The molecule has 2 aromatic rings. The predicted molar refractivity (Wildman–Crippen MR) is 112 cm³/mol. The third-order valence-electron chi connectivity index (χ3n) is 4.67. The first-order valence-electron chi connectivity index (χ1n) is 8.74. The molecule has 2 amide bonds. The van der Waals surface area contributed by atoms with Crippen LogP contribution in [-0.2, 0) is 9.59 Å². The second-order valence-corrected chi connectivity index (χ2v) is 7.16. The Morgan fingerprint density at radius 2 is 1.76 bits per heavy atom. The third kappa shape index (κ3) is 4.21. The van der Waals surface area contributed by atoms with Crippen molar-refractivity contribution in [2.45, 2.75) is 6.42 Å². The van der Waals surface area contributed by atoms with Crippen LogP contribution in [0.4, 0.5) is 11.4 Å². The summed E-state index contributed by atoms with van der Waals surface area (Å²) in [7, 11) is 4.50. The van der Waals surface area contributed by atoms with Gasteiger partial charge in [0.15, 0.2) is 11.5 Å². The van der Waals surface area contributed by atoms with Crippen LogP contribution in [-0.4, -0.2) is 39.7 Å². The van der Waals surface area contributed by atoms with Crippen molar-refractivity contribution < 1.29 is 23.8 Å². The van der Waals surface area contributed by atoms with Gasteiger partial charge < -0.3 is 24.4 Å². The first-order chi connectivity index (χ1) is 13.9. The fraction of sp³-hybridized carbons (Fsp3) is 0.300. The molecule has 154 valence electrons. The fourth-order valence-electron chi connectivity index (χ4n) is 3.19. The van der Waals surface area contributed by atoms with E-state index in [0.29, 0.717) is 33.6 Å². The molecule has 1 saturated heterocycles. The molecule has 1 heterocycles. The number of halogens is 2. The first kappa shape index (κ1) is 21.1. The Labute approximate surface area is 178 Å². The molecule has 29 heavy (non-hydrogen) atoms. The van der Waals surface area contributed by atoms with Gasteiger partial charge in [0.25, 0.3) is 0 Å². The van der Waals surface area contributed by atoms with Crippen LogP contribution >= 0.6 is 23.2 Å². The quantitative estimate of drug-likeness (QED) is 0.736. The Morgan fingerprint density at radius 1 is 1.10 bits per heavy atom. The van der Waals surface area contributed by atoms with Gasteiger partial charge in [-0.25, -0.2) is 0 Å². The smallest absolute Gasteiger partial charge is 0.229 e. The highest BCUT2D eigenvalue weighted by Gasteiger charge is 2.36. The van der Waals surface area contributed by atoms with Crippen LogP contribution in [0, 0.1) is 5.92 Å². The van der Waals surface area contributed by atoms with E-state index in [9.17, 15) is 9.59 Å². The predicted octanol–water partition coefficient (Wildman–Crippen LogP) is 4.01. The van der Waals surface area contributed by atoms with Crippen molar-refractivity contribution in [2.24, 2.45) is 5.92 Å². The molecular formula is C20H20Cl2N2O5. The van der Waals surface area contributed by atoms with Crippen LogP contribution in [0.25, 0.3) is 0 Å². The van der Waals surface area contributed by atoms with E-state index in [0.717, 1.165) is 0 Å². The van der Waals surface area contributed by atoms with E-state index in [2.05, 4.69) is 5.32 Å². The van der Waals surface area contributed by atoms with Crippen molar-refractivity contribution in [3.05, 3.63) is 40.4 Å². The van der Waals surface area contributed by atoms with Crippen molar-refractivity contribution in [2.75, 3.05) is 38.1 Å². The van der Waals surface area contributed by atoms with Gasteiger partial charge in [-0.1, -0.05) is 29.3 Å². The fourth-order valence-corrected chi connectivity index (χ4v) is 3.54. The summed E-state index contributed by atoms with van der Waals surface area (Å²) in [4.78, 5) is 26.8. The number of carbonyl (C=O) groups is 2. The minimum atomic E-state index is -0.545. The van der Waals surface area contributed by atoms with Crippen LogP contribution in [0.2, 0.25) is 10.0 Å². The molecule has 0 saturated carbocycles. The van der Waals surface area contributed by atoms with Gasteiger partial charge in [0, 0.05) is 25.1 Å². The van der Waals surface area contributed by atoms with Gasteiger partial charge in [-0.15, -0.1) is 0 Å². The lowest BCUT2D eigenvalue weighted by Gasteiger charge is -2.20. The van der Waals surface area contributed by atoms with Crippen molar-refractivity contribution in [1.29, 1.82) is 0 Å². The molecule has 0 bridgehead atoms. The molecule has 0 radical (unpaired) electrons. The summed E-state index contributed by atoms with van der Waals surface area (Å²) in [5.41, 5.74) is 0.962. The van der Waals surface area contributed by atoms with Crippen LogP contribution in [0.1, 0.15) is 6.42 Å². The van der Waals surface area contributed by atoms with Crippen molar-refractivity contribution in [3.63, 3.8) is 0 Å². The van der Waals surface area contributed by atoms with Gasteiger partial charge in [0.2, 0.25) is 17.6 Å². The first-order valence-corrected chi connectivity index (χ1v) is 9.50. The Hall–Kier alpha value is -2.64. The van der Waals surface area contributed by atoms with E-state index in [-0.39, 0.29) is 29.8 Å². The molecule has 1 aliphatic rings. The van der Waals surface area contributed by atoms with Gasteiger partial charge >= 0.3 is 0 Å². The van der Waals surface area contributed by atoms with Gasteiger partial charge in [-0.2, -0.15) is 0 Å². The third-order valence-corrected chi connectivity index (χ3v) is 5.49. The number of benzene rings is 2. The Balaban J connectivity index is 1.81. The number of amides is 2. The lowest BCUT2D eigenvalue weighted by Crippen LogP contribution is -2.28. The van der Waals surface area contributed by atoms with Crippen molar-refractivity contribution >= 4 is 46.4 Å². The number of hydrogen-bond acceptors (Lipinski definition) is 5. The number of nitrogens with one attached hydrogen (secondary N) is 1. The SMILES string of the molecule is COc1cc(N2CC(C(=O)Nc3cccc(Cl)c3Cl)CC2=O)cc(OC)c1OC. The number of rotatable bonds is 6. The number of ether oxygens (including phenoxy) is 3. The second kappa shape index (κ2) is 8.80. The van der Waals surface area contributed by atoms with Gasteiger partial charge in [0.05, 0.1) is 48.7 Å². The number of anilines is 2. The maximum atomic E-state index is 12.7. The van der Waals surface area contributed by atoms with Gasteiger partial charge in [0.1, 0.15) is 0 Å². The molecule has 0 aliphatic carbocycles. The number of hydrogen-bond donors (Lipinski definition) is 1. The van der Waals surface area contributed by atoms with Gasteiger partial charge in [-0.3, -0.25) is 9.59 Å². The zero-order chi connectivity index (χ0) is 21.1. The molecule has 1 N–H and O–H groups in total. The second-order valence-electron chi connectivity index (χ2n) is 6.38. The van der Waals surface area contributed by atoms with Crippen LogP contribution in [0.5, 0.6) is 17.2 Å². The van der Waals surface area contributed by atoms with E-state index in [1.807, 2.05) is 0 Å². The van der Waals surface area contributed by atoms with E-state index in [1.165, 1.54) is 26.2 Å². The van der Waals surface area contributed by atoms with E-state index in [1.54, 1.807) is 30.3 Å². The summed E-state index contributed by atoms with van der Waals surface area (Å²) >= 11 is 12.1. The molecule has 1 unspecified atom stereocenters. The largest absolute Gasteiger partial charge is 0.493 e. The minimum Gasteiger partial charge on any atom is -0.493 e. The molecule has 7 nitrogen and oxygen atoms in total. The molecule has 3 rings (SSSR count). The number of methoxy groups -OCH3 is 3. The maximum absolute atomic E-state index is 12.7. The number of carbonyl (C=O) groups excluding carboxylic acids is 2. The van der Waals surface area contributed by atoms with Crippen LogP contribution in [0.15, 0.2) is 30.3 Å². The summed E-state index contributed by atoms with van der Waals surface area (Å²) in [6.45, 7) is 0.210. The lowest BCUT2D eigenvalue weighted by atomic mass is 10.1. The average molecular weight is 439 g/mol. The molecule has 1 aliphatic heterocycles. The van der Waals surface area contributed by atoms with E-state index >= 15 is 0 Å². The highest BCUT2D eigenvalue weighted by atomic mass is 35.5. The Morgan fingerprint density at radius 3 is 2.34 bits per heavy atom. The maximum Gasteiger partial charge on any atom is 0.229 e. The standard InChI is InChI=1S/C20H20Cl2N2O5/c1-27-15-8-12(9-16(28-2)19(15)29-3)24-10-11(7-17(24)25)20(26)23-14-6-4-5-13(21)18(14)22/h4-6,8-9,11H,7,10H2,1-3H3,(H,23,26). The molecule has 0 spiro atoms. The van der Waals surface area contributed by atoms with E-state index < -0.39 is 5.92 Å². The lowest BCUT2D eigenvalue weighted by molar-refractivity contribution is -0.122. The Bertz CT molecular complexity index is 925. The summed E-state index contributed by atoms with van der Waals surface area (Å²) in [6, 6.07) is 8.32. The average Bonchev–Trinajstić information content (AvgIpc) is 3.12. The molecular weight excluding hydrogens is 419 g/mol. The van der Waals surface area contributed by atoms with Crippen LogP contribution in [0.3, 0.4) is 0 Å². The van der Waals surface area contributed by atoms with Crippen molar-refractivity contribution in [3.8, 4) is 17.2 Å². The highest BCUT2D eigenvalue weighted by molar-refractivity contribution is 6.44. The normalized spacial score (nSPS) is 16.0. The zero-order valence-corrected chi connectivity index (χ0v) is 17.6. The summed E-state index contributed by atoms with van der Waals surface area (Å²) in [6.07, 6.45) is 0.0701. The number of nitrogens with zero attached hydrogens (tertiary/aromatic N) is 1. The minimum absolute atomic E-state index is 0.0701. The monoisotopic (exact) mass is 438 g/mol. The Kier molecular flexibility index (Phi) is 6.39.